The van der Waals surface area contributed by atoms with Gasteiger partial charge in [-0.1, -0.05) is 48.2 Å². The summed E-state index contributed by atoms with van der Waals surface area (Å²) in [5.41, 5.74) is 1.31. The van der Waals surface area contributed by atoms with Crippen molar-refractivity contribution in [1.29, 1.82) is 0 Å². The maximum Gasteiger partial charge on any atom is 0.168 e. The van der Waals surface area contributed by atoms with Crippen LogP contribution in [0.5, 0.6) is 0 Å². The predicted octanol–water partition coefficient (Wildman–Crippen LogP) is 0.257. The Kier molecular flexibility index (Phi) is 4.52. The molecule has 2 heterocycles. The number of aliphatic carboxylic acids is 2. The van der Waals surface area contributed by atoms with Gasteiger partial charge in [-0.3, -0.25) is 4.99 Å². The van der Waals surface area contributed by atoms with Crippen LogP contribution in [0.1, 0.15) is 11.6 Å². The lowest BCUT2D eigenvalue weighted by atomic mass is 10.0. The minimum Gasteiger partial charge on any atom is -0.543 e. The van der Waals surface area contributed by atoms with Crippen molar-refractivity contribution >= 4 is 39.6 Å². The molecule has 7 heteroatoms. The summed E-state index contributed by atoms with van der Waals surface area (Å²) in [5.74, 6) is -4.37. The van der Waals surface area contributed by atoms with Crippen LogP contribution in [0.15, 0.2) is 59.1 Å². The zero-order valence-electron chi connectivity index (χ0n) is 12.4. The van der Waals surface area contributed by atoms with Crippen molar-refractivity contribution in [3.8, 4) is 0 Å². The van der Waals surface area contributed by atoms with Crippen LogP contribution in [0.4, 0.5) is 0 Å². The van der Waals surface area contributed by atoms with Crippen molar-refractivity contribution in [1.82, 2.24) is 4.90 Å². The van der Waals surface area contributed by atoms with Crippen molar-refractivity contribution in [3.63, 3.8) is 0 Å². The maximum atomic E-state index is 8.93. The number of nitrogens with zero attached hydrogens (tertiary/aromatic N) is 2. The number of carboxylic acids is 2. The normalized spacial score (nSPS) is 17.9. The van der Waals surface area contributed by atoms with E-state index in [1.54, 1.807) is 11.8 Å². The lowest BCUT2D eigenvalue weighted by Gasteiger charge is -2.11. The van der Waals surface area contributed by atoms with Gasteiger partial charge in [0.2, 0.25) is 0 Å². The molecule has 0 saturated heterocycles. The zero-order chi connectivity index (χ0) is 17.1. The number of amidine groups is 1. The quantitative estimate of drug-likeness (QED) is 0.691. The van der Waals surface area contributed by atoms with Gasteiger partial charge in [0.15, 0.2) is 5.17 Å². The molecule has 4 rings (SSSR count). The topological polar surface area (TPSA) is 95.9 Å². The standard InChI is InChI=1S/C15H12N2S.C2H2O4/c1-2-4-12-9-13(6-5-11(12)3-1)14-10-17-7-8-18-15(17)16-14;3-1(4)2(5)6/h1-9,14H,10H2;(H,3,4)(H,5,6)/p-2. The molecule has 1 unspecified atom stereocenters. The minimum absolute atomic E-state index is 0.280. The largest absolute Gasteiger partial charge is 0.543 e. The van der Waals surface area contributed by atoms with Gasteiger partial charge in [0.05, 0.1) is 24.5 Å². The summed E-state index contributed by atoms with van der Waals surface area (Å²) in [6, 6.07) is 15.4. The summed E-state index contributed by atoms with van der Waals surface area (Å²) in [6.45, 7) is 0.969. The van der Waals surface area contributed by atoms with Gasteiger partial charge in [0.1, 0.15) is 0 Å². The average Bonchev–Trinajstić information content (AvgIpc) is 3.16. The second-order valence-corrected chi connectivity index (χ2v) is 6.04. The third kappa shape index (κ3) is 3.41. The fourth-order valence-electron chi connectivity index (χ4n) is 2.50. The summed E-state index contributed by atoms with van der Waals surface area (Å²) in [4.78, 5) is 24.8. The lowest BCUT2D eigenvalue weighted by molar-refractivity contribution is -0.345. The van der Waals surface area contributed by atoms with E-state index >= 15 is 0 Å². The van der Waals surface area contributed by atoms with Crippen LogP contribution in [0, 0.1) is 0 Å². The molecule has 6 nitrogen and oxygen atoms in total. The Morgan fingerprint density at radius 1 is 1.08 bits per heavy atom. The minimum atomic E-state index is -2.19. The third-order valence-corrected chi connectivity index (χ3v) is 4.43. The molecule has 122 valence electrons. The van der Waals surface area contributed by atoms with E-state index < -0.39 is 11.9 Å². The van der Waals surface area contributed by atoms with Crippen LogP contribution in [0.2, 0.25) is 0 Å². The number of thioether (sulfide) groups is 1. The van der Waals surface area contributed by atoms with Gasteiger partial charge in [0.25, 0.3) is 0 Å². The number of rotatable bonds is 1. The van der Waals surface area contributed by atoms with E-state index in [2.05, 4.69) is 59.0 Å². The Morgan fingerprint density at radius 2 is 1.79 bits per heavy atom. The Balaban J connectivity index is 0.000000246. The zero-order valence-corrected chi connectivity index (χ0v) is 13.2. The Morgan fingerprint density at radius 3 is 2.46 bits per heavy atom. The number of carbonyl (C=O) groups excluding carboxylic acids is 2. The number of hydrogen-bond donors (Lipinski definition) is 0. The Bertz CT molecular complexity index is 851. The molecule has 24 heavy (non-hydrogen) atoms. The molecule has 0 amide bonds. The molecule has 0 N–H and O–H groups in total. The van der Waals surface area contributed by atoms with Gasteiger partial charge in [-0.15, -0.1) is 0 Å². The summed E-state index contributed by atoms with van der Waals surface area (Å²) >= 11 is 1.71. The van der Waals surface area contributed by atoms with E-state index in [0.29, 0.717) is 0 Å². The molecule has 0 fully saturated rings. The maximum absolute atomic E-state index is 8.93. The summed E-state index contributed by atoms with van der Waals surface area (Å²) < 4.78 is 0. The molecular weight excluding hydrogens is 328 g/mol. The lowest BCUT2D eigenvalue weighted by Crippen LogP contribution is -2.42. The smallest absolute Gasteiger partial charge is 0.168 e. The fraction of sp³-hybridized carbons (Fsp3) is 0.118. The second-order valence-electron chi connectivity index (χ2n) is 5.16. The van der Waals surface area contributed by atoms with Crippen LogP contribution >= 0.6 is 11.8 Å². The van der Waals surface area contributed by atoms with Gasteiger partial charge in [-0.25, -0.2) is 0 Å². The fourth-order valence-corrected chi connectivity index (χ4v) is 3.28. The molecule has 0 radical (unpaired) electrons. The summed E-state index contributed by atoms with van der Waals surface area (Å²) in [5, 5.41) is 23.7. The van der Waals surface area contributed by atoms with Crippen LogP contribution < -0.4 is 10.2 Å². The van der Waals surface area contributed by atoms with Gasteiger partial charge in [-0.2, -0.15) is 0 Å². The first-order chi connectivity index (χ1) is 11.5. The first-order valence-corrected chi connectivity index (χ1v) is 8.01. The number of hydrogen-bond acceptors (Lipinski definition) is 7. The third-order valence-electron chi connectivity index (χ3n) is 3.62. The first-order valence-electron chi connectivity index (χ1n) is 7.13. The molecule has 2 aliphatic heterocycles. The van der Waals surface area contributed by atoms with E-state index in [1.807, 2.05) is 0 Å². The highest BCUT2D eigenvalue weighted by Crippen LogP contribution is 2.33. The van der Waals surface area contributed by atoms with Crippen LogP contribution in [0.3, 0.4) is 0 Å². The highest BCUT2D eigenvalue weighted by Gasteiger charge is 2.27. The van der Waals surface area contributed by atoms with Crippen LogP contribution in [0.25, 0.3) is 10.8 Å². The van der Waals surface area contributed by atoms with E-state index in [4.69, 9.17) is 24.8 Å². The highest BCUT2D eigenvalue weighted by molar-refractivity contribution is 8.16. The predicted molar refractivity (Wildman–Crippen MR) is 87.6 cm³/mol. The second kappa shape index (κ2) is 6.76. The van der Waals surface area contributed by atoms with E-state index in [0.717, 1.165) is 11.7 Å². The number of benzene rings is 2. The number of fused-ring (bicyclic) bond motifs is 2. The van der Waals surface area contributed by atoms with Gasteiger partial charge in [0, 0.05) is 6.20 Å². The van der Waals surface area contributed by atoms with Crippen molar-refractivity contribution in [2.24, 2.45) is 4.99 Å². The van der Waals surface area contributed by atoms with Gasteiger partial charge in [-0.05, 0) is 27.8 Å². The van der Waals surface area contributed by atoms with E-state index in [9.17, 15) is 0 Å². The SMILES string of the molecule is C1=CN2CC(c3ccc4ccccc4c3)N=C2S1.O=C([O-])C(=O)[O-]. The molecule has 0 spiro atoms. The Labute approximate surface area is 142 Å². The first kappa shape index (κ1) is 16.1. The van der Waals surface area contributed by atoms with Crippen molar-refractivity contribution in [2.75, 3.05) is 6.54 Å². The van der Waals surface area contributed by atoms with Crippen LogP contribution in [-0.2, 0) is 9.59 Å². The van der Waals surface area contributed by atoms with Gasteiger partial charge < -0.3 is 24.7 Å². The number of carbonyl (C=O) groups is 2. The van der Waals surface area contributed by atoms with E-state index in [-0.39, 0.29) is 6.04 Å². The number of carboxylic acid groups (broad SMARTS) is 2. The Hall–Kier alpha value is -2.80. The van der Waals surface area contributed by atoms with Gasteiger partial charge >= 0.3 is 0 Å². The molecule has 2 aliphatic rings. The highest BCUT2D eigenvalue weighted by atomic mass is 32.2. The average molecular weight is 340 g/mol. The summed E-state index contributed by atoms with van der Waals surface area (Å²) in [6.07, 6.45) is 2.12. The van der Waals surface area contributed by atoms with Crippen molar-refractivity contribution in [3.05, 3.63) is 59.6 Å². The van der Waals surface area contributed by atoms with Crippen molar-refractivity contribution in [2.45, 2.75) is 6.04 Å². The van der Waals surface area contributed by atoms with Crippen molar-refractivity contribution < 1.29 is 19.8 Å². The molecule has 2 aromatic rings. The molecule has 1 atom stereocenters. The molecule has 0 aliphatic carbocycles. The monoisotopic (exact) mass is 340 g/mol. The van der Waals surface area contributed by atoms with E-state index in [1.165, 1.54) is 16.3 Å². The van der Waals surface area contributed by atoms with Crippen LogP contribution in [-0.4, -0.2) is 28.6 Å². The molecule has 0 bridgehead atoms. The molecule has 2 aromatic carbocycles. The summed E-state index contributed by atoms with van der Waals surface area (Å²) in [7, 11) is 0. The molecule has 0 saturated carbocycles. The molecule has 0 aromatic heterocycles. The molecular formula is C17H12N2O4S-2. The number of aliphatic imine (C=N–C) groups is 1.